The fraction of sp³-hybridized carbons (Fsp3) is 0.125. The molecule has 1 heterocycles. The number of carbonyl (C=O) groups excluding carboxylic acids is 2. The molecule has 38 heavy (non-hydrogen) atoms. The highest BCUT2D eigenvalue weighted by Crippen LogP contribution is 2.46. The maximum atomic E-state index is 13.4. The van der Waals surface area contributed by atoms with Crippen molar-refractivity contribution in [3.63, 3.8) is 0 Å². The van der Waals surface area contributed by atoms with E-state index in [1.807, 2.05) is 91.0 Å². The first kappa shape index (κ1) is 24.8. The lowest BCUT2D eigenvalue weighted by molar-refractivity contribution is -0.139. The van der Waals surface area contributed by atoms with E-state index >= 15 is 0 Å². The molecule has 1 N–H and O–H groups in total. The van der Waals surface area contributed by atoms with E-state index in [2.05, 4.69) is 5.32 Å². The highest BCUT2D eigenvalue weighted by molar-refractivity contribution is 5.99. The van der Waals surface area contributed by atoms with Crippen LogP contribution in [-0.2, 0) is 14.3 Å². The van der Waals surface area contributed by atoms with E-state index in [0.29, 0.717) is 5.75 Å². The summed E-state index contributed by atoms with van der Waals surface area (Å²) in [7, 11) is 1.60. The third-order valence-corrected chi connectivity index (χ3v) is 6.37. The van der Waals surface area contributed by atoms with Gasteiger partial charge < -0.3 is 14.2 Å². The standard InChI is InChI=1S/C32H27NO5/c1-3-37-32(35)30-28(23-10-5-4-6-11-23)29-25-12-8-7-9-22(25)16-19-26(29)38-31(30)33-27(34)20-15-21-13-17-24(36-2)18-14-21/h4-20,28H,3H2,1-2H3,(H,33,34)/b20-15+. The molecular formula is C32H27NO5. The summed E-state index contributed by atoms with van der Waals surface area (Å²) in [6, 6.07) is 28.8. The molecule has 0 radical (unpaired) electrons. The van der Waals surface area contributed by atoms with Crippen molar-refractivity contribution in [3.8, 4) is 11.5 Å². The van der Waals surface area contributed by atoms with Crippen LogP contribution in [0.4, 0.5) is 0 Å². The summed E-state index contributed by atoms with van der Waals surface area (Å²) >= 11 is 0. The molecule has 6 nitrogen and oxygen atoms in total. The van der Waals surface area contributed by atoms with Crippen LogP contribution < -0.4 is 14.8 Å². The Morgan fingerprint density at radius 1 is 0.921 bits per heavy atom. The third kappa shape index (κ3) is 5.02. The van der Waals surface area contributed by atoms with E-state index in [1.54, 1.807) is 20.1 Å². The van der Waals surface area contributed by atoms with Gasteiger partial charge in [0.05, 0.1) is 19.6 Å². The van der Waals surface area contributed by atoms with Gasteiger partial charge in [-0.05, 0) is 53.1 Å². The molecule has 0 aromatic heterocycles. The zero-order valence-corrected chi connectivity index (χ0v) is 21.1. The number of hydrogen-bond acceptors (Lipinski definition) is 5. The highest BCUT2D eigenvalue weighted by atomic mass is 16.5. The second-order valence-corrected chi connectivity index (χ2v) is 8.70. The summed E-state index contributed by atoms with van der Waals surface area (Å²) in [4.78, 5) is 26.4. The molecule has 1 atom stereocenters. The molecule has 1 amide bonds. The smallest absolute Gasteiger partial charge is 0.340 e. The quantitative estimate of drug-likeness (QED) is 0.247. The maximum absolute atomic E-state index is 13.4. The number of rotatable bonds is 7. The fourth-order valence-electron chi connectivity index (χ4n) is 4.63. The Bertz CT molecular complexity index is 1540. The monoisotopic (exact) mass is 505 g/mol. The second-order valence-electron chi connectivity index (χ2n) is 8.70. The number of esters is 1. The fourth-order valence-corrected chi connectivity index (χ4v) is 4.63. The zero-order chi connectivity index (χ0) is 26.5. The number of benzene rings is 4. The van der Waals surface area contributed by atoms with Crippen molar-refractivity contribution in [2.24, 2.45) is 0 Å². The van der Waals surface area contributed by atoms with Gasteiger partial charge in [0.25, 0.3) is 5.91 Å². The van der Waals surface area contributed by atoms with Crippen LogP contribution in [0.15, 0.2) is 109 Å². The van der Waals surface area contributed by atoms with Crippen LogP contribution in [0.1, 0.15) is 29.5 Å². The van der Waals surface area contributed by atoms with Crippen molar-refractivity contribution >= 4 is 28.7 Å². The molecule has 1 aliphatic heterocycles. The molecular weight excluding hydrogens is 478 g/mol. The molecule has 0 fully saturated rings. The van der Waals surface area contributed by atoms with Gasteiger partial charge >= 0.3 is 5.97 Å². The predicted octanol–water partition coefficient (Wildman–Crippen LogP) is 5.98. The van der Waals surface area contributed by atoms with Crippen molar-refractivity contribution < 1.29 is 23.8 Å². The van der Waals surface area contributed by atoms with E-state index < -0.39 is 17.8 Å². The second kappa shape index (κ2) is 11.0. The van der Waals surface area contributed by atoms with Gasteiger partial charge in [-0.3, -0.25) is 10.1 Å². The van der Waals surface area contributed by atoms with Crippen molar-refractivity contribution in [2.75, 3.05) is 13.7 Å². The zero-order valence-electron chi connectivity index (χ0n) is 21.1. The lowest BCUT2D eigenvalue weighted by atomic mass is 9.80. The Hall–Kier alpha value is -4.84. The van der Waals surface area contributed by atoms with Crippen molar-refractivity contribution in [2.45, 2.75) is 12.8 Å². The molecule has 0 aliphatic carbocycles. The molecule has 0 bridgehead atoms. The van der Waals surface area contributed by atoms with Gasteiger partial charge in [0.15, 0.2) is 0 Å². The number of carbonyl (C=O) groups is 2. The Morgan fingerprint density at radius 2 is 1.66 bits per heavy atom. The Labute approximate surface area is 221 Å². The van der Waals surface area contributed by atoms with Crippen LogP contribution in [0.5, 0.6) is 11.5 Å². The van der Waals surface area contributed by atoms with Crippen LogP contribution in [-0.4, -0.2) is 25.6 Å². The molecule has 4 aromatic carbocycles. The average Bonchev–Trinajstić information content (AvgIpc) is 2.96. The lowest BCUT2D eigenvalue weighted by Crippen LogP contribution is -2.33. The SMILES string of the molecule is CCOC(=O)C1=C(NC(=O)/C=C/c2ccc(OC)cc2)Oc2ccc3ccccc3c2C1c1ccccc1. The molecule has 4 aromatic rings. The molecule has 190 valence electrons. The van der Waals surface area contributed by atoms with E-state index in [1.165, 1.54) is 6.08 Å². The first-order valence-corrected chi connectivity index (χ1v) is 12.4. The minimum absolute atomic E-state index is 0.0597. The minimum atomic E-state index is -0.547. The van der Waals surface area contributed by atoms with Gasteiger partial charge in [-0.25, -0.2) is 4.79 Å². The number of methoxy groups -OCH3 is 1. The molecule has 0 saturated heterocycles. The Morgan fingerprint density at radius 3 is 2.39 bits per heavy atom. The van der Waals surface area contributed by atoms with Gasteiger partial charge in [-0.1, -0.05) is 72.8 Å². The summed E-state index contributed by atoms with van der Waals surface area (Å²) < 4.78 is 16.9. The molecule has 5 rings (SSSR count). The van der Waals surface area contributed by atoms with Crippen LogP contribution in [0.2, 0.25) is 0 Å². The van der Waals surface area contributed by atoms with Gasteiger partial charge in [0, 0.05) is 11.6 Å². The van der Waals surface area contributed by atoms with Crippen LogP contribution in [0.25, 0.3) is 16.8 Å². The Balaban J connectivity index is 1.59. The summed E-state index contributed by atoms with van der Waals surface area (Å²) in [5, 5.41) is 4.78. The number of fused-ring (bicyclic) bond motifs is 3. The third-order valence-electron chi connectivity index (χ3n) is 6.37. The first-order valence-electron chi connectivity index (χ1n) is 12.4. The molecule has 0 spiro atoms. The molecule has 1 unspecified atom stereocenters. The van der Waals surface area contributed by atoms with Gasteiger partial charge in [0.1, 0.15) is 17.1 Å². The largest absolute Gasteiger partial charge is 0.497 e. The molecule has 6 heteroatoms. The summed E-state index contributed by atoms with van der Waals surface area (Å²) in [6.07, 6.45) is 3.08. The average molecular weight is 506 g/mol. The number of nitrogens with one attached hydrogen (secondary N) is 1. The van der Waals surface area contributed by atoms with E-state index in [9.17, 15) is 9.59 Å². The number of hydrogen-bond donors (Lipinski definition) is 1. The van der Waals surface area contributed by atoms with Crippen LogP contribution >= 0.6 is 0 Å². The van der Waals surface area contributed by atoms with Crippen LogP contribution in [0, 0.1) is 0 Å². The van der Waals surface area contributed by atoms with E-state index in [4.69, 9.17) is 14.2 Å². The van der Waals surface area contributed by atoms with E-state index in [0.717, 1.165) is 33.2 Å². The molecule has 1 aliphatic rings. The van der Waals surface area contributed by atoms with Gasteiger partial charge in [-0.15, -0.1) is 0 Å². The maximum Gasteiger partial charge on any atom is 0.340 e. The molecule has 0 saturated carbocycles. The number of ether oxygens (including phenoxy) is 3. The lowest BCUT2D eigenvalue weighted by Gasteiger charge is -2.31. The van der Waals surface area contributed by atoms with Crippen molar-refractivity contribution in [1.82, 2.24) is 5.32 Å². The Kier molecular flexibility index (Phi) is 7.22. The summed E-state index contributed by atoms with van der Waals surface area (Å²) in [5.41, 5.74) is 2.80. The minimum Gasteiger partial charge on any atom is -0.497 e. The van der Waals surface area contributed by atoms with E-state index in [-0.39, 0.29) is 18.1 Å². The van der Waals surface area contributed by atoms with Crippen LogP contribution in [0.3, 0.4) is 0 Å². The first-order chi connectivity index (χ1) is 18.6. The van der Waals surface area contributed by atoms with Crippen molar-refractivity contribution in [3.05, 3.63) is 125 Å². The summed E-state index contributed by atoms with van der Waals surface area (Å²) in [5.74, 6) is -0.136. The normalized spacial score (nSPS) is 14.6. The predicted molar refractivity (Wildman–Crippen MR) is 147 cm³/mol. The topological polar surface area (TPSA) is 73.9 Å². The van der Waals surface area contributed by atoms with Gasteiger partial charge in [0.2, 0.25) is 5.88 Å². The highest BCUT2D eigenvalue weighted by Gasteiger charge is 2.38. The van der Waals surface area contributed by atoms with Gasteiger partial charge in [-0.2, -0.15) is 0 Å². The number of amides is 1. The summed E-state index contributed by atoms with van der Waals surface area (Å²) in [6.45, 7) is 1.93. The van der Waals surface area contributed by atoms with Crippen molar-refractivity contribution in [1.29, 1.82) is 0 Å².